The van der Waals surface area contributed by atoms with Gasteiger partial charge >= 0.3 is 12.0 Å². The lowest BCUT2D eigenvalue weighted by Crippen LogP contribution is -2.47. The van der Waals surface area contributed by atoms with Crippen LogP contribution in [0.3, 0.4) is 0 Å². The van der Waals surface area contributed by atoms with Crippen LogP contribution in [-0.2, 0) is 9.53 Å². The number of carbonyl (C=O) groups excluding carboxylic acids is 2. The van der Waals surface area contributed by atoms with Gasteiger partial charge in [0.1, 0.15) is 5.02 Å². The number of carbonyl (C=O) groups is 2. The number of nitrogens with zero attached hydrogens (tertiary/aromatic N) is 2. The Morgan fingerprint density at radius 3 is 2.68 bits per heavy atom. The monoisotopic (exact) mass is 367 g/mol. The van der Waals surface area contributed by atoms with Gasteiger partial charge in [-0.15, -0.1) is 0 Å². The first-order chi connectivity index (χ1) is 11.8. The Balaban J connectivity index is 2.59. The maximum Gasteiger partial charge on any atom is 0.338 e. The van der Waals surface area contributed by atoms with Crippen molar-refractivity contribution < 1.29 is 19.2 Å². The number of nitro groups is 1. The van der Waals surface area contributed by atoms with Gasteiger partial charge in [-0.25, -0.2) is 9.59 Å². The summed E-state index contributed by atoms with van der Waals surface area (Å²) >= 11 is 5.84. The molecule has 9 heteroatoms. The quantitative estimate of drug-likeness (QED) is 0.489. The largest absolute Gasteiger partial charge is 0.463 e. The van der Waals surface area contributed by atoms with Crippen LogP contribution in [0.2, 0.25) is 5.02 Å². The number of nitrogens with one attached hydrogen (secondary N) is 1. The third-order valence-corrected chi connectivity index (χ3v) is 4.23. The molecule has 1 atom stereocenters. The number of esters is 1. The first-order valence-electron chi connectivity index (χ1n) is 7.71. The zero-order valence-electron chi connectivity index (χ0n) is 14.0. The molecule has 1 N–H and O–H groups in total. The fourth-order valence-corrected chi connectivity index (χ4v) is 2.92. The lowest BCUT2D eigenvalue weighted by molar-refractivity contribution is -0.384. The molecule has 25 heavy (non-hydrogen) atoms. The van der Waals surface area contributed by atoms with E-state index in [4.69, 9.17) is 16.3 Å². The van der Waals surface area contributed by atoms with E-state index in [2.05, 4.69) is 5.32 Å². The predicted molar refractivity (Wildman–Crippen MR) is 91.1 cm³/mol. The maximum absolute atomic E-state index is 12.4. The molecule has 1 heterocycles. The number of nitro benzene ring substituents is 1. The summed E-state index contributed by atoms with van der Waals surface area (Å²) in [6, 6.07) is 2.90. The zero-order chi connectivity index (χ0) is 18.7. The average Bonchev–Trinajstić information content (AvgIpc) is 2.55. The Morgan fingerprint density at radius 1 is 1.44 bits per heavy atom. The molecule has 0 fully saturated rings. The van der Waals surface area contributed by atoms with Crippen LogP contribution in [0.1, 0.15) is 32.4 Å². The molecule has 134 valence electrons. The van der Waals surface area contributed by atoms with Gasteiger partial charge in [0.05, 0.1) is 23.1 Å². The van der Waals surface area contributed by atoms with Crippen molar-refractivity contribution in [3.63, 3.8) is 0 Å². The predicted octanol–water partition coefficient (Wildman–Crippen LogP) is 3.17. The van der Waals surface area contributed by atoms with Crippen molar-refractivity contribution in [2.75, 3.05) is 13.2 Å². The molecule has 2 rings (SSSR count). The number of halogens is 1. The van der Waals surface area contributed by atoms with Crippen LogP contribution in [0, 0.1) is 10.1 Å². The summed E-state index contributed by atoms with van der Waals surface area (Å²) < 4.78 is 5.10. The van der Waals surface area contributed by atoms with E-state index in [1.807, 2.05) is 0 Å². The van der Waals surface area contributed by atoms with Gasteiger partial charge in [0.2, 0.25) is 0 Å². The minimum Gasteiger partial charge on any atom is -0.463 e. The van der Waals surface area contributed by atoms with Crippen molar-refractivity contribution in [3.05, 3.63) is 50.2 Å². The normalized spacial score (nSPS) is 17.4. The molecule has 0 aliphatic carbocycles. The number of hydrogen-bond acceptors (Lipinski definition) is 5. The third kappa shape index (κ3) is 3.58. The summed E-state index contributed by atoms with van der Waals surface area (Å²) in [5.74, 6) is -0.582. The van der Waals surface area contributed by atoms with Crippen LogP contribution in [0.25, 0.3) is 0 Å². The van der Waals surface area contributed by atoms with Crippen molar-refractivity contribution in [1.82, 2.24) is 10.2 Å². The van der Waals surface area contributed by atoms with Crippen LogP contribution in [0.15, 0.2) is 29.5 Å². The molecular weight excluding hydrogens is 350 g/mol. The maximum atomic E-state index is 12.4. The summed E-state index contributed by atoms with van der Waals surface area (Å²) in [7, 11) is 0. The number of amides is 2. The Bertz CT molecular complexity index is 762. The average molecular weight is 368 g/mol. The van der Waals surface area contributed by atoms with Crippen LogP contribution in [0.4, 0.5) is 10.5 Å². The standard InChI is InChI=1S/C16H18ClN3O5/c1-4-19-9(3)13(15(21)25-5-2)14(18-16(19)22)10-6-7-11(17)12(8-10)20(23)24/h6-8,14H,4-5H2,1-3H3,(H,18,22). The number of urea groups is 1. The zero-order valence-corrected chi connectivity index (χ0v) is 14.8. The van der Waals surface area contributed by atoms with Crippen molar-refractivity contribution in [1.29, 1.82) is 0 Å². The summed E-state index contributed by atoms with van der Waals surface area (Å²) in [5, 5.41) is 13.8. The summed E-state index contributed by atoms with van der Waals surface area (Å²) in [4.78, 5) is 36.6. The van der Waals surface area contributed by atoms with E-state index >= 15 is 0 Å². The van der Waals surface area contributed by atoms with Crippen LogP contribution in [0.5, 0.6) is 0 Å². The van der Waals surface area contributed by atoms with E-state index < -0.39 is 23.0 Å². The van der Waals surface area contributed by atoms with E-state index in [1.54, 1.807) is 20.8 Å². The lowest BCUT2D eigenvalue weighted by Gasteiger charge is -2.34. The van der Waals surface area contributed by atoms with Gasteiger partial charge in [0.25, 0.3) is 5.69 Å². The molecule has 1 aliphatic rings. The highest BCUT2D eigenvalue weighted by atomic mass is 35.5. The molecule has 0 radical (unpaired) electrons. The number of allylic oxidation sites excluding steroid dienone is 1. The Kier molecular flexibility index (Phi) is 5.63. The van der Waals surface area contributed by atoms with E-state index in [1.165, 1.54) is 23.1 Å². The fourth-order valence-electron chi connectivity index (χ4n) is 2.73. The molecule has 0 bridgehead atoms. The molecule has 1 aliphatic heterocycles. The molecule has 2 amide bonds. The van der Waals surface area contributed by atoms with Crippen molar-refractivity contribution in [2.45, 2.75) is 26.8 Å². The highest BCUT2D eigenvalue weighted by molar-refractivity contribution is 6.32. The van der Waals surface area contributed by atoms with Crippen LogP contribution in [-0.4, -0.2) is 35.0 Å². The minimum absolute atomic E-state index is 0.0237. The lowest BCUT2D eigenvalue weighted by atomic mass is 9.94. The smallest absolute Gasteiger partial charge is 0.338 e. The molecule has 1 aromatic rings. The second-order valence-corrected chi connectivity index (χ2v) is 5.72. The Labute approximate surface area is 149 Å². The second-order valence-electron chi connectivity index (χ2n) is 5.31. The number of rotatable bonds is 5. The van der Waals surface area contributed by atoms with Gasteiger partial charge < -0.3 is 10.1 Å². The van der Waals surface area contributed by atoms with Gasteiger partial charge in [-0.3, -0.25) is 15.0 Å². The van der Waals surface area contributed by atoms with Gasteiger partial charge in [-0.05, 0) is 32.4 Å². The fraction of sp³-hybridized carbons (Fsp3) is 0.375. The Hall–Kier alpha value is -2.61. The highest BCUT2D eigenvalue weighted by Gasteiger charge is 2.36. The summed E-state index contributed by atoms with van der Waals surface area (Å²) in [6.07, 6.45) is 0. The van der Waals surface area contributed by atoms with E-state index in [-0.39, 0.29) is 22.9 Å². The molecule has 0 saturated carbocycles. The first kappa shape index (κ1) is 18.7. The van der Waals surface area contributed by atoms with E-state index in [0.717, 1.165) is 0 Å². The minimum atomic E-state index is -0.856. The van der Waals surface area contributed by atoms with Crippen LogP contribution >= 0.6 is 11.6 Å². The summed E-state index contributed by atoms with van der Waals surface area (Å²) in [6.45, 7) is 5.64. The molecular formula is C16H18ClN3O5. The second kappa shape index (κ2) is 7.52. The molecule has 0 spiro atoms. The Morgan fingerprint density at radius 2 is 2.12 bits per heavy atom. The molecule has 0 saturated heterocycles. The van der Waals surface area contributed by atoms with Crippen molar-refractivity contribution >= 4 is 29.3 Å². The van der Waals surface area contributed by atoms with E-state index in [0.29, 0.717) is 17.8 Å². The molecule has 0 aromatic heterocycles. The van der Waals surface area contributed by atoms with Crippen molar-refractivity contribution in [2.24, 2.45) is 0 Å². The van der Waals surface area contributed by atoms with Crippen LogP contribution < -0.4 is 5.32 Å². The topological polar surface area (TPSA) is 102 Å². The third-order valence-electron chi connectivity index (χ3n) is 3.91. The summed E-state index contributed by atoms with van der Waals surface area (Å²) in [5.41, 5.74) is 0.766. The molecule has 1 unspecified atom stereocenters. The van der Waals surface area contributed by atoms with Gasteiger partial charge in [-0.1, -0.05) is 17.7 Å². The number of benzene rings is 1. The SMILES string of the molecule is CCOC(=O)C1=C(C)N(CC)C(=O)NC1c1ccc(Cl)c([N+](=O)[O-])c1. The molecule has 8 nitrogen and oxygen atoms in total. The molecule has 1 aromatic carbocycles. The first-order valence-corrected chi connectivity index (χ1v) is 8.09. The van der Waals surface area contributed by atoms with Crippen molar-refractivity contribution in [3.8, 4) is 0 Å². The van der Waals surface area contributed by atoms with Gasteiger partial charge in [0.15, 0.2) is 0 Å². The van der Waals surface area contributed by atoms with Gasteiger partial charge in [0, 0.05) is 18.3 Å². The van der Waals surface area contributed by atoms with E-state index in [9.17, 15) is 19.7 Å². The van der Waals surface area contributed by atoms with Gasteiger partial charge in [-0.2, -0.15) is 0 Å². The number of ether oxygens (including phenoxy) is 1. The highest BCUT2D eigenvalue weighted by Crippen LogP contribution is 2.34. The number of hydrogen-bond donors (Lipinski definition) is 1.